The zero-order valence-electron chi connectivity index (χ0n) is 15.1. The fourth-order valence-corrected chi connectivity index (χ4v) is 4.47. The van der Waals surface area contributed by atoms with E-state index in [1.165, 1.54) is 0 Å². The van der Waals surface area contributed by atoms with Crippen LogP contribution < -0.4 is 4.72 Å². The third-order valence-corrected chi connectivity index (χ3v) is 6.19. The number of piperidine rings is 1. The van der Waals surface area contributed by atoms with Crippen molar-refractivity contribution in [3.63, 3.8) is 0 Å². The van der Waals surface area contributed by atoms with Gasteiger partial charge >= 0.3 is 0 Å². The Labute approximate surface area is 155 Å². The Bertz CT molecular complexity index is 895. The lowest BCUT2D eigenvalue weighted by Gasteiger charge is -2.31. The third kappa shape index (κ3) is 3.90. The molecular formula is C20H24N2O3S. The molecule has 1 N–H and O–H groups in total. The monoisotopic (exact) mass is 372 g/mol. The molecule has 6 heteroatoms. The molecule has 0 radical (unpaired) electrons. The molecule has 2 aromatic rings. The molecule has 26 heavy (non-hydrogen) atoms. The van der Waals surface area contributed by atoms with Gasteiger partial charge in [0, 0.05) is 18.7 Å². The summed E-state index contributed by atoms with van der Waals surface area (Å²) in [7, 11) is -3.69. The van der Waals surface area contributed by atoms with E-state index in [0.29, 0.717) is 22.7 Å². The lowest BCUT2D eigenvalue weighted by molar-refractivity contribution is 0.0682. The number of anilines is 1. The van der Waals surface area contributed by atoms with Crippen molar-refractivity contribution in [1.29, 1.82) is 0 Å². The Morgan fingerprint density at radius 3 is 2.54 bits per heavy atom. The average Bonchev–Trinajstić information content (AvgIpc) is 2.63. The Hall–Kier alpha value is -2.34. The van der Waals surface area contributed by atoms with Crippen molar-refractivity contribution in [3.05, 3.63) is 59.7 Å². The first-order valence-corrected chi connectivity index (χ1v) is 10.3. The van der Waals surface area contributed by atoms with Crippen LogP contribution in [0.25, 0.3) is 0 Å². The fourth-order valence-electron chi connectivity index (χ4n) is 3.33. The van der Waals surface area contributed by atoms with Gasteiger partial charge < -0.3 is 4.90 Å². The second-order valence-corrected chi connectivity index (χ2v) is 8.58. The molecule has 0 spiro atoms. The maximum Gasteiger partial charge on any atom is 0.261 e. The van der Waals surface area contributed by atoms with E-state index in [1.54, 1.807) is 55.5 Å². The van der Waals surface area contributed by atoms with Crippen molar-refractivity contribution in [3.8, 4) is 0 Å². The molecule has 1 aliphatic heterocycles. The number of hydrogen-bond acceptors (Lipinski definition) is 3. The highest BCUT2D eigenvalue weighted by Gasteiger charge is 2.24. The van der Waals surface area contributed by atoms with Crippen LogP contribution in [0.5, 0.6) is 0 Å². The van der Waals surface area contributed by atoms with E-state index in [-0.39, 0.29) is 10.8 Å². The van der Waals surface area contributed by atoms with Crippen molar-refractivity contribution in [1.82, 2.24) is 4.90 Å². The summed E-state index contributed by atoms with van der Waals surface area (Å²) in [5.74, 6) is 0.461. The maximum atomic E-state index is 12.9. The Kier molecular flexibility index (Phi) is 5.32. The summed E-state index contributed by atoms with van der Waals surface area (Å²) >= 11 is 0. The number of likely N-dealkylation sites (tertiary alicyclic amines) is 1. The van der Waals surface area contributed by atoms with E-state index in [0.717, 1.165) is 25.9 Å². The molecule has 1 saturated heterocycles. The topological polar surface area (TPSA) is 66.5 Å². The second-order valence-electron chi connectivity index (χ2n) is 6.90. The van der Waals surface area contributed by atoms with Gasteiger partial charge in [-0.3, -0.25) is 9.52 Å². The first-order valence-electron chi connectivity index (χ1n) is 8.85. The summed E-state index contributed by atoms with van der Waals surface area (Å²) in [6.45, 7) is 5.43. The molecule has 0 bridgehead atoms. The van der Waals surface area contributed by atoms with Gasteiger partial charge in [-0.25, -0.2) is 8.42 Å². The van der Waals surface area contributed by atoms with E-state index in [1.807, 2.05) is 4.90 Å². The number of carbonyl (C=O) groups is 1. The van der Waals surface area contributed by atoms with Gasteiger partial charge in [0.25, 0.3) is 15.9 Å². The quantitative estimate of drug-likeness (QED) is 0.890. The van der Waals surface area contributed by atoms with E-state index < -0.39 is 10.0 Å². The molecule has 1 aliphatic rings. The number of rotatable bonds is 4. The number of nitrogens with zero attached hydrogens (tertiary/aromatic N) is 1. The van der Waals surface area contributed by atoms with Crippen LogP contribution in [0.2, 0.25) is 0 Å². The largest absolute Gasteiger partial charge is 0.338 e. The Morgan fingerprint density at radius 2 is 1.85 bits per heavy atom. The van der Waals surface area contributed by atoms with Gasteiger partial charge in [0.1, 0.15) is 0 Å². The molecule has 0 aliphatic carbocycles. The minimum Gasteiger partial charge on any atom is -0.338 e. The lowest BCUT2D eigenvalue weighted by atomic mass is 9.98. The molecule has 3 rings (SSSR count). The minimum atomic E-state index is -3.69. The van der Waals surface area contributed by atoms with Gasteiger partial charge in [0.2, 0.25) is 0 Å². The predicted molar refractivity (Wildman–Crippen MR) is 103 cm³/mol. The molecular weight excluding hydrogens is 348 g/mol. The SMILES string of the molecule is Cc1c(NS(=O)(=O)c2ccccc2)cccc1C(=O)N1CCC[C@@H](C)C1. The van der Waals surface area contributed by atoms with Gasteiger partial charge in [-0.15, -0.1) is 0 Å². The highest BCUT2D eigenvalue weighted by Crippen LogP contribution is 2.25. The number of amides is 1. The smallest absolute Gasteiger partial charge is 0.261 e. The molecule has 1 fully saturated rings. The van der Waals surface area contributed by atoms with Crippen molar-refractivity contribution < 1.29 is 13.2 Å². The zero-order valence-corrected chi connectivity index (χ0v) is 15.9. The first kappa shape index (κ1) is 18.5. The van der Waals surface area contributed by atoms with E-state index >= 15 is 0 Å². The van der Waals surface area contributed by atoms with Crippen molar-refractivity contribution in [2.45, 2.75) is 31.6 Å². The number of carbonyl (C=O) groups excluding carboxylic acids is 1. The number of nitrogens with one attached hydrogen (secondary N) is 1. The van der Waals surface area contributed by atoms with Crippen molar-refractivity contribution >= 4 is 21.6 Å². The van der Waals surface area contributed by atoms with Gasteiger partial charge in [0.05, 0.1) is 10.6 Å². The molecule has 1 atom stereocenters. The van der Waals surface area contributed by atoms with Gasteiger partial charge in [0.15, 0.2) is 0 Å². The van der Waals surface area contributed by atoms with Crippen LogP contribution in [0.15, 0.2) is 53.4 Å². The van der Waals surface area contributed by atoms with Crippen LogP contribution in [0.3, 0.4) is 0 Å². The van der Waals surface area contributed by atoms with Gasteiger partial charge in [-0.2, -0.15) is 0 Å². The molecule has 0 aromatic heterocycles. The fraction of sp³-hybridized carbons (Fsp3) is 0.350. The number of sulfonamides is 1. The Balaban J connectivity index is 1.87. The molecule has 0 unspecified atom stereocenters. The molecule has 5 nitrogen and oxygen atoms in total. The summed E-state index contributed by atoms with van der Waals surface area (Å²) in [5.41, 5.74) is 1.63. The van der Waals surface area contributed by atoms with Crippen molar-refractivity contribution in [2.75, 3.05) is 17.8 Å². The second kappa shape index (κ2) is 7.50. The van der Waals surface area contributed by atoms with Gasteiger partial charge in [-0.1, -0.05) is 31.2 Å². The maximum absolute atomic E-state index is 12.9. The highest BCUT2D eigenvalue weighted by atomic mass is 32.2. The molecule has 0 saturated carbocycles. The molecule has 2 aromatic carbocycles. The van der Waals surface area contributed by atoms with E-state index in [2.05, 4.69) is 11.6 Å². The predicted octanol–water partition coefficient (Wildman–Crippen LogP) is 3.67. The molecule has 1 heterocycles. The third-order valence-electron chi connectivity index (χ3n) is 4.81. The zero-order chi connectivity index (χ0) is 18.7. The molecule has 138 valence electrons. The summed E-state index contributed by atoms with van der Waals surface area (Å²) in [6.07, 6.45) is 2.14. The summed E-state index contributed by atoms with van der Waals surface area (Å²) < 4.78 is 27.8. The first-order chi connectivity index (χ1) is 12.4. The summed E-state index contributed by atoms with van der Waals surface area (Å²) in [5, 5.41) is 0. The van der Waals surface area contributed by atoms with E-state index in [4.69, 9.17) is 0 Å². The molecule has 1 amide bonds. The number of benzene rings is 2. The van der Waals surface area contributed by atoms with Crippen LogP contribution in [0.4, 0.5) is 5.69 Å². The average molecular weight is 372 g/mol. The van der Waals surface area contributed by atoms with Crippen LogP contribution in [0, 0.1) is 12.8 Å². The van der Waals surface area contributed by atoms with Crippen LogP contribution in [-0.2, 0) is 10.0 Å². The summed E-state index contributed by atoms with van der Waals surface area (Å²) in [6, 6.07) is 13.4. The number of hydrogen-bond donors (Lipinski definition) is 1. The minimum absolute atomic E-state index is 0.0326. The van der Waals surface area contributed by atoms with Crippen molar-refractivity contribution in [2.24, 2.45) is 5.92 Å². The highest BCUT2D eigenvalue weighted by molar-refractivity contribution is 7.92. The lowest BCUT2D eigenvalue weighted by Crippen LogP contribution is -2.39. The Morgan fingerprint density at radius 1 is 1.12 bits per heavy atom. The normalized spacial score (nSPS) is 17.8. The van der Waals surface area contributed by atoms with Crippen LogP contribution in [0.1, 0.15) is 35.7 Å². The standard InChI is InChI=1S/C20H24N2O3S/c1-15-8-7-13-22(14-15)20(23)18-11-6-12-19(16(18)2)21-26(24,25)17-9-4-3-5-10-17/h3-6,9-12,15,21H,7-8,13-14H2,1-2H3/t15-/m1/s1. The van der Waals surface area contributed by atoms with Crippen LogP contribution in [-0.4, -0.2) is 32.3 Å². The summed E-state index contributed by atoms with van der Waals surface area (Å²) in [4.78, 5) is 15.0. The van der Waals surface area contributed by atoms with E-state index in [9.17, 15) is 13.2 Å². The van der Waals surface area contributed by atoms with Crippen LogP contribution >= 0.6 is 0 Å². The van der Waals surface area contributed by atoms with Gasteiger partial charge in [-0.05, 0) is 55.5 Å².